The van der Waals surface area contributed by atoms with Crippen LogP contribution in [-0.2, 0) is 0 Å². The van der Waals surface area contributed by atoms with Gasteiger partial charge in [0.05, 0.1) is 22.9 Å². The molecular formula is C70H42N2S2. The highest BCUT2D eigenvalue weighted by atomic mass is 32.1. The number of thiophene rings is 2. The summed E-state index contributed by atoms with van der Waals surface area (Å²) in [6.07, 6.45) is 2.00. The van der Waals surface area contributed by atoms with Gasteiger partial charge in [0.2, 0.25) is 0 Å². The van der Waals surface area contributed by atoms with Crippen LogP contribution in [0.15, 0.2) is 255 Å². The Morgan fingerprint density at radius 3 is 1.14 bits per heavy atom. The maximum absolute atomic E-state index is 5.70. The highest BCUT2D eigenvalue weighted by Gasteiger charge is 2.19. The van der Waals surface area contributed by atoms with Crippen LogP contribution in [0, 0.1) is 0 Å². The van der Waals surface area contributed by atoms with Crippen LogP contribution in [0.4, 0.5) is 0 Å². The molecule has 0 saturated heterocycles. The quantitative estimate of drug-likeness (QED) is 0.149. The number of fused-ring (bicyclic) bond motifs is 12. The molecule has 15 aromatic rings. The molecule has 0 amide bonds. The van der Waals surface area contributed by atoms with Crippen LogP contribution in [-0.4, -0.2) is 9.97 Å². The van der Waals surface area contributed by atoms with E-state index >= 15 is 0 Å². The summed E-state index contributed by atoms with van der Waals surface area (Å²) in [4.78, 5) is 11.1. The predicted octanol–water partition coefficient (Wildman–Crippen LogP) is 20.3. The Morgan fingerprint density at radius 1 is 0.243 bits per heavy atom. The molecule has 0 atom stereocenters. The van der Waals surface area contributed by atoms with Crippen molar-refractivity contribution in [3.05, 3.63) is 255 Å². The maximum Gasteiger partial charge on any atom is 0.0979 e. The fraction of sp³-hybridized carbons (Fsp3) is 0. The molecule has 4 heteroatoms. The van der Waals surface area contributed by atoms with Gasteiger partial charge in [-0.05, 0) is 120 Å². The first-order chi connectivity index (χ1) is 36.6. The van der Waals surface area contributed by atoms with Crippen molar-refractivity contribution < 1.29 is 0 Å². The molecule has 0 saturated carbocycles. The molecule has 0 aliphatic carbocycles. The van der Waals surface area contributed by atoms with Crippen LogP contribution < -0.4 is 0 Å². The zero-order chi connectivity index (χ0) is 48.7. The van der Waals surface area contributed by atoms with E-state index in [-0.39, 0.29) is 0 Å². The molecule has 0 fully saturated rings. The third-order valence-electron chi connectivity index (χ3n) is 14.9. The fourth-order valence-electron chi connectivity index (χ4n) is 11.2. The minimum absolute atomic E-state index is 0.837. The number of hydrogen-bond acceptors (Lipinski definition) is 4. The molecule has 0 N–H and O–H groups in total. The molecule has 0 bridgehead atoms. The van der Waals surface area contributed by atoms with Gasteiger partial charge in [0, 0.05) is 56.7 Å². The monoisotopic (exact) mass is 974 g/mol. The molecule has 0 aliphatic rings. The lowest BCUT2D eigenvalue weighted by atomic mass is 9.92. The first-order valence-electron chi connectivity index (χ1n) is 25.1. The van der Waals surface area contributed by atoms with Gasteiger partial charge in [0.15, 0.2) is 0 Å². The van der Waals surface area contributed by atoms with Crippen molar-refractivity contribution in [2.75, 3.05) is 0 Å². The van der Waals surface area contributed by atoms with Crippen LogP contribution in [0.2, 0.25) is 0 Å². The van der Waals surface area contributed by atoms with Crippen LogP contribution in [0.25, 0.3) is 151 Å². The summed E-state index contributed by atoms with van der Waals surface area (Å²) in [6, 6.07) is 90.9. The summed E-state index contributed by atoms with van der Waals surface area (Å²) in [5.74, 6) is 0. The summed E-state index contributed by atoms with van der Waals surface area (Å²) in [7, 11) is 0. The SMILES string of the molecule is c1ccc(-c2ccc(-c3ccc4c(c3)c3cc(-c5ccc(-c6ccccc6)cc5)ccc3c3nc(-c5cc(-c6cccc7c6sc6ccccc67)cc(-c6cccc7c6sc6ccccc67)c5)cnc43)cc2)cc1. The van der Waals surface area contributed by atoms with E-state index in [1.807, 2.05) is 28.9 Å². The van der Waals surface area contributed by atoms with E-state index in [0.717, 1.165) is 66.1 Å². The normalized spacial score (nSPS) is 11.8. The van der Waals surface area contributed by atoms with E-state index in [0.29, 0.717) is 0 Å². The van der Waals surface area contributed by atoms with Gasteiger partial charge in [-0.2, -0.15) is 0 Å². The average molecular weight is 975 g/mol. The van der Waals surface area contributed by atoms with Crippen molar-refractivity contribution in [1.82, 2.24) is 9.97 Å². The molecular weight excluding hydrogens is 933 g/mol. The molecule has 15 rings (SSSR count). The number of hydrogen-bond donors (Lipinski definition) is 0. The zero-order valence-corrected chi connectivity index (χ0v) is 41.6. The minimum atomic E-state index is 0.837. The summed E-state index contributed by atoms with van der Waals surface area (Å²) in [5.41, 5.74) is 17.9. The number of rotatable bonds is 7. The smallest absolute Gasteiger partial charge is 0.0979 e. The van der Waals surface area contributed by atoms with E-state index in [9.17, 15) is 0 Å². The van der Waals surface area contributed by atoms with Gasteiger partial charge < -0.3 is 0 Å². The summed E-state index contributed by atoms with van der Waals surface area (Å²) >= 11 is 3.74. The first kappa shape index (κ1) is 42.6. The molecule has 12 aromatic carbocycles. The Morgan fingerprint density at radius 2 is 0.635 bits per heavy atom. The second-order valence-electron chi connectivity index (χ2n) is 19.2. The van der Waals surface area contributed by atoms with Gasteiger partial charge in [-0.3, -0.25) is 4.98 Å². The van der Waals surface area contributed by atoms with E-state index in [1.165, 1.54) is 84.9 Å². The maximum atomic E-state index is 5.70. The van der Waals surface area contributed by atoms with E-state index in [2.05, 4.69) is 249 Å². The van der Waals surface area contributed by atoms with Crippen molar-refractivity contribution in [2.24, 2.45) is 0 Å². The first-order valence-corrected chi connectivity index (χ1v) is 26.7. The molecule has 344 valence electrons. The average Bonchev–Trinajstić information content (AvgIpc) is 4.06. The summed E-state index contributed by atoms with van der Waals surface area (Å²) < 4.78 is 5.16. The molecule has 74 heavy (non-hydrogen) atoms. The van der Waals surface area contributed by atoms with E-state index in [4.69, 9.17) is 9.97 Å². The topological polar surface area (TPSA) is 25.8 Å². The molecule has 0 spiro atoms. The van der Waals surface area contributed by atoms with E-state index < -0.39 is 0 Å². The fourth-order valence-corrected chi connectivity index (χ4v) is 13.7. The van der Waals surface area contributed by atoms with Crippen molar-refractivity contribution >= 4 is 95.6 Å². The number of nitrogens with zero attached hydrogens (tertiary/aromatic N) is 2. The second-order valence-corrected chi connectivity index (χ2v) is 21.3. The molecule has 0 radical (unpaired) electrons. The van der Waals surface area contributed by atoms with E-state index in [1.54, 1.807) is 0 Å². The Bertz CT molecular complexity index is 4550. The van der Waals surface area contributed by atoms with Gasteiger partial charge in [-0.15, -0.1) is 22.7 Å². The van der Waals surface area contributed by atoms with Crippen LogP contribution >= 0.6 is 22.7 Å². The van der Waals surface area contributed by atoms with Crippen LogP contribution in [0.3, 0.4) is 0 Å². The Balaban J connectivity index is 0.935. The summed E-state index contributed by atoms with van der Waals surface area (Å²) in [5, 5.41) is 9.60. The number of aromatic nitrogens is 2. The van der Waals surface area contributed by atoms with Crippen molar-refractivity contribution in [3.63, 3.8) is 0 Å². The summed E-state index contributed by atoms with van der Waals surface area (Å²) in [6.45, 7) is 0. The number of benzene rings is 12. The van der Waals surface area contributed by atoms with Gasteiger partial charge in [-0.25, -0.2) is 4.98 Å². The Hall–Kier alpha value is -9.06. The van der Waals surface area contributed by atoms with Gasteiger partial charge >= 0.3 is 0 Å². The van der Waals surface area contributed by atoms with Gasteiger partial charge in [-0.1, -0.05) is 206 Å². The molecule has 3 aromatic heterocycles. The van der Waals surface area contributed by atoms with Crippen molar-refractivity contribution in [2.45, 2.75) is 0 Å². The predicted molar refractivity (Wildman–Crippen MR) is 318 cm³/mol. The third kappa shape index (κ3) is 7.14. The third-order valence-corrected chi connectivity index (χ3v) is 17.4. The molecule has 0 aliphatic heterocycles. The molecule has 3 heterocycles. The molecule has 2 nitrogen and oxygen atoms in total. The standard InChI is InChI=1S/C70H42N2S2/c1-3-13-43(14-4-1)45-25-29-47(30-26-45)49-33-35-58-62(40-49)63-41-50(48-31-27-46(28-32-48)44-15-5-2-6-16-44)34-36-59(63)68-67(58)71-42-64(72-68)53-38-51(54-19-11-21-60-56-17-7-9-23-65(56)73-69(54)60)37-52(39-53)55-20-12-22-61-57-18-8-10-24-66(57)74-70(55)61/h1-42H. The highest BCUT2D eigenvalue weighted by Crippen LogP contribution is 2.46. The van der Waals surface area contributed by atoms with Crippen molar-refractivity contribution in [3.8, 4) is 78.0 Å². The zero-order valence-electron chi connectivity index (χ0n) is 40.0. The van der Waals surface area contributed by atoms with Crippen LogP contribution in [0.1, 0.15) is 0 Å². The van der Waals surface area contributed by atoms with Gasteiger partial charge in [0.1, 0.15) is 0 Å². The second kappa shape index (κ2) is 17.3. The largest absolute Gasteiger partial charge is 0.252 e. The lowest BCUT2D eigenvalue weighted by Gasteiger charge is -2.15. The lowest BCUT2D eigenvalue weighted by Crippen LogP contribution is -1.94. The minimum Gasteiger partial charge on any atom is -0.252 e. The molecule has 0 unspecified atom stereocenters. The van der Waals surface area contributed by atoms with Crippen LogP contribution in [0.5, 0.6) is 0 Å². The van der Waals surface area contributed by atoms with Gasteiger partial charge in [0.25, 0.3) is 0 Å². The van der Waals surface area contributed by atoms with Crippen molar-refractivity contribution in [1.29, 1.82) is 0 Å². The highest BCUT2D eigenvalue weighted by molar-refractivity contribution is 7.26. The Labute approximate surface area is 435 Å². The lowest BCUT2D eigenvalue weighted by molar-refractivity contribution is 1.31. The Kier molecular flexibility index (Phi) is 9.97.